The van der Waals surface area contributed by atoms with Crippen molar-refractivity contribution in [1.29, 1.82) is 0 Å². The van der Waals surface area contributed by atoms with Crippen LogP contribution in [0.1, 0.15) is 47.1 Å². The first-order valence-corrected chi connectivity index (χ1v) is 7.97. The van der Waals surface area contributed by atoms with E-state index >= 15 is 0 Å². The Kier molecular flexibility index (Phi) is 5.79. The van der Waals surface area contributed by atoms with E-state index in [1.807, 2.05) is 6.07 Å². The molecule has 0 aliphatic carbocycles. The summed E-state index contributed by atoms with van der Waals surface area (Å²) in [4.78, 5) is 0. The number of benzene rings is 1. The molecule has 0 aliphatic heterocycles. The van der Waals surface area contributed by atoms with Gasteiger partial charge in [-0.25, -0.2) is 4.39 Å². The lowest BCUT2D eigenvalue weighted by Crippen LogP contribution is -2.42. The largest absolute Gasteiger partial charge is 0.312 e. The summed E-state index contributed by atoms with van der Waals surface area (Å²) < 4.78 is 14.9. The van der Waals surface area contributed by atoms with Crippen molar-refractivity contribution in [2.24, 2.45) is 11.3 Å². The molecule has 3 heteroatoms. The normalized spacial score (nSPS) is 14.4. The minimum atomic E-state index is -0.113. The first kappa shape index (κ1) is 17.6. The van der Waals surface area contributed by atoms with E-state index in [0.717, 1.165) is 23.0 Å². The molecule has 0 fully saturated rings. The zero-order chi connectivity index (χ0) is 15.6. The molecular formula is C17H27BrFN. The van der Waals surface area contributed by atoms with E-state index in [1.54, 1.807) is 6.07 Å². The fourth-order valence-electron chi connectivity index (χ4n) is 2.08. The van der Waals surface area contributed by atoms with Gasteiger partial charge in [0.15, 0.2) is 0 Å². The molecule has 0 radical (unpaired) electrons. The molecule has 0 heterocycles. The molecule has 1 nitrogen and oxygen atoms in total. The Hall–Kier alpha value is -0.410. The molecule has 0 aliphatic rings. The lowest BCUT2D eigenvalue weighted by atomic mass is 9.77. The predicted molar refractivity (Wildman–Crippen MR) is 88.5 cm³/mol. The quantitative estimate of drug-likeness (QED) is 0.793. The highest BCUT2D eigenvalue weighted by atomic mass is 79.9. The third-order valence-electron chi connectivity index (χ3n) is 3.58. The molecule has 0 saturated heterocycles. The molecule has 114 valence electrons. The second-order valence-corrected chi connectivity index (χ2v) is 8.55. The van der Waals surface area contributed by atoms with Gasteiger partial charge in [0, 0.05) is 10.0 Å². The summed E-state index contributed by atoms with van der Waals surface area (Å²) >= 11 is 3.43. The summed E-state index contributed by atoms with van der Waals surface area (Å²) in [6.07, 6.45) is 0.748. The Morgan fingerprint density at radius 3 is 2.25 bits per heavy atom. The van der Waals surface area contributed by atoms with Gasteiger partial charge in [-0.05, 0) is 68.8 Å². The molecule has 1 unspecified atom stereocenters. The van der Waals surface area contributed by atoms with E-state index in [-0.39, 0.29) is 16.8 Å². The Balaban J connectivity index is 2.87. The van der Waals surface area contributed by atoms with Crippen LogP contribution in [-0.2, 0) is 6.42 Å². The van der Waals surface area contributed by atoms with Crippen molar-refractivity contribution < 1.29 is 4.39 Å². The first-order chi connectivity index (χ1) is 8.99. The maximum atomic E-state index is 14.0. The number of nitrogens with one attached hydrogen (secondary N) is 1. The topological polar surface area (TPSA) is 12.0 Å². The smallest absolute Gasteiger partial charge is 0.126 e. The first-order valence-electron chi connectivity index (χ1n) is 7.18. The van der Waals surface area contributed by atoms with Crippen LogP contribution in [0.3, 0.4) is 0 Å². The lowest BCUT2D eigenvalue weighted by Gasteiger charge is -2.34. The van der Waals surface area contributed by atoms with Crippen molar-refractivity contribution in [3.63, 3.8) is 0 Å². The van der Waals surface area contributed by atoms with Gasteiger partial charge >= 0.3 is 0 Å². The van der Waals surface area contributed by atoms with Crippen molar-refractivity contribution in [3.05, 3.63) is 34.1 Å². The fourth-order valence-corrected chi connectivity index (χ4v) is 2.49. The zero-order valence-corrected chi connectivity index (χ0v) is 15.1. The number of halogens is 2. The molecule has 0 spiro atoms. The summed E-state index contributed by atoms with van der Waals surface area (Å²) in [7, 11) is 0. The number of hydrogen-bond donors (Lipinski definition) is 1. The van der Waals surface area contributed by atoms with Crippen LogP contribution in [0.2, 0.25) is 0 Å². The van der Waals surface area contributed by atoms with Crippen LogP contribution >= 0.6 is 15.9 Å². The van der Waals surface area contributed by atoms with Gasteiger partial charge < -0.3 is 5.32 Å². The molecule has 0 saturated carbocycles. The Bertz CT molecular complexity index is 443. The van der Waals surface area contributed by atoms with Crippen LogP contribution in [0.5, 0.6) is 0 Å². The third-order valence-corrected chi connectivity index (χ3v) is 4.07. The number of rotatable bonds is 4. The minimum absolute atomic E-state index is 0.0827. The van der Waals surface area contributed by atoms with Crippen LogP contribution in [0.4, 0.5) is 4.39 Å². The summed E-state index contributed by atoms with van der Waals surface area (Å²) in [6, 6.07) is 5.18. The van der Waals surface area contributed by atoms with E-state index < -0.39 is 0 Å². The molecular weight excluding hydrogens is 317 g/mol. The molecule has 1 atom stereocenters. The number of hydrogen-bond acceptors (Lipinski definition) is 1. The second kappa shape index (κ2) is 6.57. The van der Waals surface area contributed by atoms with E-state index in [4.69, 9.17) is 0 Å². The highest BCUT2D eigenvalue weighted by Crippen LogP contribution is 2.30. The summed E-state index contributed by atoms with van der Waals surface area (Å²) in [6.45, 7) is 14.0. The van der Waals surface area contributed by atoms with E-state index in [2.05, 4.69) is 62.8 Å². The SMILES string of the molecule is CC(C)(C)NCC(Cc1cc(Br)ccc1F)C(C)(C)C. The summed E-state index contributed by atoms with van der Waals surface area (Å²) in [5.41, 5.74) is 1.00. The van der Waals surface area contributed by atoms with E-state index in [9.17, 15) is 4.39 Å². The molecule has 0 amide bonds. The molecule has 1 aromatic carbocycles. The van der Waals surface area contributed by atoms with Crippen molar-refractivity contribution in [2.45, 2.75) is 53.5 Å². The van der Waals surface area contributed by atoms with Crippen LogP contribution in [0.25, 0.3) is 0 Å². The van der Waals surface area contributed by atoms with Crippen molar-refractivity contribution in [3.8, 4) is 0 Å². The van der Waals surface area contributed by atoms with E-state index in [1.165, 1.54) is 6.07 Å². The van der Waals surface area contributed by atoms with Crippen molar-refractivity contribution in [1.82, 2.24) is 5.32 Å². The Morgan fingerprint density at radius 2 is 1.75 bits per heavy atom. The van der Waals surface area contributed by atoms with Gasteiger partial charge in [0.2, 0.25) is 0 Å². The molecule has 20 heavy (non-hydrogen) atoms. The van der Waals surface area contributed by atoms with E-state index in [0.29, 0.717) is 5.92 Å². The summed E-state index contributed by atoms with van der Waals surface area (Å²) in [5, 5.41) is 3.55. The maximum Gasteiger partial charge on any atom is 0.126 e. The average molecular weight is 344 g/mol. The van der Waals surface area contributed by atoms with Gasteiger partial charge in [-0.2, -0.15) is 0 Å². The minimum Gasteiger partial charge on any atom is -0.312 e. The van der Waals surface area contributed by atoms with Gasteiger partial charge in [0.25, 0.3) is 0 Å². The van der Waals surface area contributed by atoms with Crippen LogP contribution in [0.15, 0.2) is 22.7 Å². The molecule has 0 aromatic heterocycles. The standard InChI is InChI=1S/C17H27BrFN/c1-16(2,3)13(11-20-17(4,5)6)9-12-10-14(18)7-8-15(12)19/h7-8,10,13,20H,9,11H2,1-6H3. The Labute approximate surface area is 131 Å². The molecule has 1 rings (SSSR count). The highest BCUT2D eigenvalue weighted by molar-refractivity contribution is 9.10. The predicted octanol–water partition coefficient (Wildman–Crippen LogP) is 5.18. The van der Waals surface area contributed by atoms with Crippen LogP contribution < -0.4 is 5.32 Å². The maximum absolute atomic E-state index is 14.0. The highest BCUT2D eigenvalue weighted by Gasteiger charge is 2.27. The van der Waals surface area contributed by atoms with Gasteiger partial charge in [0.05, 0.1) is 0 Å². The fraction of sp³-hybridized carbons (Fsp3) is 0.647. The van der Waals surface area contributed by atoms with Crippen molar-refractivity contribution in [2.75, 3.05) is 6.54 Å². The average Bonchev–Trinajstić information content (AvgIpc) is 2.25. The van der Waals surface area contributed by atoms with Crippen LogP contribution in [-0.4, -0.2) is 12.1 Å². The van der Waals surface area contributed by atoms with Gasteiger partial charge in [0.1, 0.15) is 5.82 Å². The zero-order valence-electron chi connectivity index (χ0n) is 13.5. The second-order valence-electron chi connectivity index (χ2n) is 7.63. The van der Waals surface area contributed by atoms with Crippen molar-refractivity contribution >= 4 is 15.9 Å². The van der Waals surface area contributed by atoms with Gasteiger partial charge in [-0.3, -0.25) is 0 Å². The summed E-state index contributed by atoms with van der Waals surface area (Å²) in [5.74, 6) is 0.267. The van der Waals surface area contributed by atoms with Crippen LogP contribution in [0, 0.1) is 17.2 Å². The lowest BCUT2D eigenvalue weighted by molar-refractivity contribution is 0.212. The monoisotopic (exact) mass is 343 g/mol. The Morgan fingerprint density at radius 1 is 1.15 bits per heavy atom. The van der Waals surface area contributed by atoms with Gasteiger partial charge in [-0.1, -0.05) is 36.7 Å². The third kappa shape index (κ3) is 5.92. The van der Waals surface area contributed by atoms with Gasteiger partial charge in [-0.15, -0.1) is 0 Å². The molecule has 0 bridgehead atoms. The molecule has 1 N–H and O–H groups in total. The molecule has 1 aromatic rings.